The van der Waals surface area contributed by atoms with E-state index >= 15 is 0 Å². The number of rotatable bonds is 4. The predicted molar refractivity (Wildman–Crippen MR) is 84.9 cm³/mol. The summed E-state index contributed by atoms with van der Waals surface area (Å²) in [6, 6.07) is 0.394. The van der Waals surface area contributed by atoms with E-state index in [1.54, 1.807) is 0 Å². The van der Waals surface area contributed by atoms with Crippen LogP contribution in [0.5, 0.6) is 0 Å². The Kier molecular flexibility index (Phi) is 4.98. The third-order valence-corrected chi connectivity index (χ3v) is 4.04. The standard InChI is InChI=1S/C15H27N5O/c1-10(2)13-16-14(19(4)5)18-15(17-13)20-8-12(9-21)7-6-11(20)3/h10-12,21H,6-9H2,1-5H3. The highest BCUT2D eigenvalue weighted by Crippen LogP contribution is 2.26. The van der Waals surface area contributed by atoms with Crippen LogP contribution in [0.1, 0.15) is 45.4 Å². The number of anilines is 2. The van der Waals surface area contributed by atoms with Gasteiger partial charge in [0.15, 0.2) is 0 Å². The highest BCUT2D eigenvalue weighted by Gasteiger charge is 2.28. The van der Waals surface area contributed by atoms with Gasteiger partial charge in [0.25, 0.3) is 0 Å². The topological polar surface area (TPSA) is 65.4 Å². The van der Waals surface area contributed by atoms with Crippen molar-refractivity contribution in [3.05, 3.63) is 5.82 Å². The third kappa shape index (κ3) is 3.61. The molecule has 1 aliphatic rings. The highest BCUT2D eigenvalue weighted by atomic mass is 16.3. The molecular weight excluding hydrogens is 266 g/mol. The summed E-state index contributed by atoms with van der Waals surface area (Å²) >= 11 is 0. The summed E-state index contributed by atoms with van der Waals surface area (Å²) in [7, 11) is 3.89. The largest absolute Gasteiger partial charge is 0.396 e. The average molecular weight is 293 g/mol. The van der Waals surface area contributed by atoms with Crippen LogP contribution >= 0.6 is 0 Å². The molecule has 6 heteroatoms. The second-order valence-electron chi connectivity index (χ2n) is 6.47. The maximum absolute atomic E-state index is 9.44. The SMILES string of the molecule is CC(C)c1nc(N(C)C)nc(N2CC(CO)CCC2C)n1. The first-order valence-electron chi connectivity index (χ1n) is 7.73. The summed E-state index contributed by atoms with van der Waals surface area (Å²) in [5.41, 5.74) is 0. The molecule has 6 nitrogen and oxygen atoms in total. The second-order valence-corrected chi connectivity index (χ2v) is 6.47. The molecule has 0 amide bonds. The molecule has 1 fully saturated rings. The Balaban J connectivity index is 2.36. The lowest BCUT2D eigenvalue weighted by Crippen LogP contribution is -2.44. The zero-order chi connectivity index (χ0) is 15.6. The number of hydrogen-bond acceptors (Lipinski definition) is 6. The van der Waals surface area contributed by atoms with E-state index in [4.69, 9.17) is 0 Å². The minimum atomic E-state index is 0.228. The van der Waals surface area contributed by atoms with E-state index < -0.39 is 0 Å². The smallest absolute Gasteiger partial charge is 0.230 e. The predicted octanol–water partition coefficient (Wildman–Crippen LogP) is 1.66. The quantitative estimate of drug-likeness (QED) is 0.911. The van der Waals surface area contributed by atoms with E-state index in [9.17, 15) is 5.11 Å². The van der Waals surface area contributed by atoms with Crippen LogP contribution in [0.4, 0.5) is 11.9 Å². The van der Waals surface area contributed by atoms with Crippen molar-refractivity contribution in [1.29, 1.82) is 0 Å². The monoisotopic (exact) mass is 293 g/mol. The van der Waals surface area contributed by atoms with Gasteiger partial charge in [-0.25, -0.2) is 0 Å². The van der Waals surface area contributed by atoms with Gasteiger partial charge in [0.1, 0.15) is 5.82 Å². The normalized spacial score (nSPS) is 22.7. The van der Waals surface area contributed by atoms with E-state index in [1.165, 1.54) is 0 Å². The fourth-order valence-electron chi connectivity index (χ4n) is 2.57. The lowest BCUT2D eigenvalue weighted by atomic mass is 9.94. The first-order valence-corrected chi connectivity index (χ1v) is 7.73. The summed E-state index contributed by atoms with van der Waals surface area (Å²) in [6.07, 6.45) is 2.13. The van der Waals surface area contributed by atoms with Crippen LogP contribution in [0.2, 0.25) is 0 Å². The molecule has 2 atom stereocenters. The molecule has 2 heterocycles. The number of nitrogens with zero attached hydrogens (tertiary/aromatic N) is 5. The molecular formula is C15H27N5O. The van der Waals surface area contributed by atoms with Crippen molar-refractivity contribution in [1.82, 2.24) is 15.0 Å². The second kappa shape index (κ2) is 6.56. The number of piperidine rings is 1. The van der Waals surface area contributed by atoms with Crippen molar-refractivity contribution in [3.8, 4) is 0 Å². The van der Waals surface area contributed by atoms with E-state index in [0.29, 0.717) is 17.9 Å². The Morgan fingerprint density at radius 2 is 1.95 bits per heavy atom. The lowest BCUT2D eigenvalue weighted by Gasteiger charge is -2.37. The Morgan fingerprint density at radius 1 is 1.24 bits per heavy atom. The minimum absolute atomic E-state index is 0.228. The van der Waals surface area contributed by atoms with Crippen LogP contribution < -0.4 is 9.80 Å². The van der Waals surface area contributed by atoms with Crippen molar-refractivity contribution in [2.45, 2.75) is 45.6 Å². The molecule has 1 aromatic heterocycles. The van der Waals surface area contributed by atoms with E-state index in [-0.39, 0.29) is 12.5 Å². The molecule has 1 aliphatic heterocycles. The fraction of sp³-hybridized carbons (Fsp3) is 0.800. The van der Waals surface area contributed by atoms with Crippen molar-refractivity contribution in [3.63, 3.8) is 0 Å². The molecule has 2 unspecified atom stereocenters. The molecule has 1 N–H and O–H groups in total. The van der Waals surface area contributed by atoms with Crippen LogP contribution in [-0.2, 0) is 0 Å². The molecule has 0 aliphatic carbocycles. The van der Waals surface area contributed by atoms with E-state index in [1.807, 2.05) is 19.0 Å². The van der Waals surface area contributed by atoms with Gasteiger partial charge in [-0.15, -0.1) is 0 Å². The molecule has 21 heavy (non-hydrogen) atoms. The Bertz CT molecular complexity index is 451. The fourth-order valence-corrected chi connectivity index (χ4v) is 2.57. The average Bonchev–Trinajstić information content (AvgIpc) is 2.47. The number of aliphatic hydroxyl groups is 1. The van der Waals surface area contributed by atoms with Gasteiger partial charge in [-0.3, -0.25) is 0 Å². The lowest BCUT2D eigenvalue weighted by molar-refractivity contribution is 0.199. The minimum Gasteiger partial charge on any atom is -0.396 e. The maximum Gasteiger partial charge on any atom is 0.230 e. The van der Waals surface area contributed by atoms with Gasteiger partial charge in [-0.2, -0.15) is 15.0 Å². The van der Waals surface area contributed by atoms with Crippen LogP contribution in [0.15, 0.2) is 0 Å². The zero-order valence-corrected chi connectivity index (χ0v) is 13.7. The molecule has 0 bridgehead atoms. The van der Waals surface area contributed by atoms with Crippen molar-refractivity contribution < 1.29 is 5.11 Å². The highest BCUT2D eigenvalue weighted by molar-refractivity contribution is 5.40. The zero-order valence-electron chi connectivity index (χ0n) is 13.7. The number of aromatic nitrogens is 3. The third-order valence-electron chi connectivity index (χ3n) is 4.04. The van der Waals surface area contributed by atoms with E-state index in [2.05, 4.69) is 40.6 Å². The van der Waals surface area contributed by atoms with Crippen molar-refractivity contribution >= 4 is 11.9 Å². The van der Waals surface area contributed by atoms with Crippen LogP contribution in [0.25, 0.3) is 0 Å². The van der Waals surface area contributed by atoms with Gasteiger partial charge >= 0.3 is 0 Å². The van der Waals surface area contributed by atoms with Gasteiger partial charge in [0.05, 0.1) is 0 Å². The van der Waals surface area contributed by atoms with Gasteiger partial charge in [-0.05, 0) is 25.7 Å². The molecule has 0 radical (unpaired) electrons. The van der Waals surface area contributed by atoms with Gasteiger partial charge in [-0.1, -0.05) is 13.8 Å². The van der Waals surface area contributed by atoms with Gasteiger partial charge in [0, 0.05) is 39.2 Å². The van der Waals surface area contributed by atoms with Crippen molar-refractivity contribution in [2.75, 3.05) is 37.0 Å². The Labute approximate surface area is 127 Å². The molecule has 0 saturated carbocycles. The Morgan fingerprint density at radius 3 is 2.52 bits per heavy atom. The molecule has 1 aromatic rings. The molecule has 2 rings (SSSR count). The summed E-state index contributed by atoms with van der Waals surface area (Å²) in [5.74, 6) is 2.83. The van der Waals surface area contributed by atoms with Gasteiger partial charge in [0.2, 0.25) is 11.9 Å². The Hall–Kier alpha value is -1.43. The first kappa shape index (κ1) is 15.9. The summed E-state index contributed by atoms with van der Waals surface area (Å²) in [4.78, 5) is 17.9. The van der Waals surface area contributed by atoms with Crippen LogP contribution in [-0.4, -0.2) is 53.3 Å². The maximum atomic E-state index is 9.44. The van der Waals surface area contributed by atoms with E-state index in [0.717, 1.165) is 31.2 Å². The van der Waals surface area contributed by atoms with Gasteiger partial charge < -0.3 is 14.9 Å². The number of aliphatic hydroxyl groups excluding tert-OH is 1. The van der Waals surface area contributed by atoms with Crippen molar-refractivity contribution in [2.24, 2.45) is 5.92 Å². The molecule has 0 spiro atoms. The molecule has 0 aromatic carbocycles. The number of hydrogen-bond donors (Lipinski definition) is 1. The summed E-state index contributed by atoms with van der Waals surface area (Å²) < 4.78 is 0. The summed E-state index contributed by atoms with van der Waals surface area (Å²) in [5, 5.41) is 9.44. The van der Waals surface area contributed by atoms with Crippen LogP contribution in [0.3, 0.4) is 0 Å². The summed E-state index contributed by atoms with van der Waals surface area (Å²) in [6.45, 7) is 7.42. The molecule has 1 saturated heterocycles. The van der Waals surface area contributed by atoms with Crippen LogP contribution in [0, 0.1) is 5.92 Å². The molecule has 118 valence electrons. The first-order chi connectivity index (χ1) is 9.92.